The summed E-state index contributed by atoms with van der Waals surface area (Å²) in [6, 6.07) is 6.64. The molecule has 0 aromatic heterocycles. The van der Waals surface area contributed by atoms with E-state index in [1.807, 2.05) is 0 Å². The number of hydrogen-bond donors (Lipinski definition) is 1. The Bertz CT molecular complexity index is 1150. The Morgan fingerprint density at radius 1 is 1.17 bits per heavy atom. The van der Waals surface area contributed by atoms with Crippen LogP contribution in [-0.2, 0) is 26.7 Å². The van der Waals surface area contributed by atoms with Gasteiger partial charge < -0.3 is 14.0 Å². The number of carbonyl (C=O) groups is 1. The Balaban J connectivity index is 1.99. The van der Waals surface area contributed by atoms with Gasteiger partial charge in [0.15, 0.2) is 5.75 Å². The third-order valence-electron chi connectivity index (χ3n) is 5.13. The van der Waals surface area contributed by atoms with Gasteiger partial charge in [-0.1, -0.05) is 22.0 Å². The van der Waals surface area contributed by atoms with Crippen molar-refractivity contribution in [1.82, 2.24) is 0 Å². The highest BCUT2D eigenvalue weighted by Gasteiger charge is 2.53. The highest BCUT2D eigenvalue weighted by Crippen LogP contribution is 2.58. The number of benzene rings is 2. The molecule has 0 amide bonds. The summed E-state index contributed by atoms with van der Waals surface area (Å²) < 4.78 is 72.2. The second kappa shape index (κ2) is 6.36. The number of carbonyl (C=O) groups excluding carboxylic acids is 1. The smallest absolute Gasteiger partial charge is 0.508 e. The average Bonchev–Trinajstić information content (AvgIpc) is 2.97. The molecule has 6 nitrogen and oxygen atoms in total. The first-order chi connectivity index (χ1) is 13.5. The number of halogens is 4. The van der Waals surface area contributed by atoms with Crippen molar-refractivity contribution < 1.29 is 40.4 Å². The van der Waals surface area contributed by atoms with Crippen LogP contribution in [-0.4, -0.2) is 25.0 Å². The number of rotatable bonds is 2. The third kappa shape index (κ3) is 2.98. The second-order valence-corrected chi connectivity index (χ2v) is 9.16. The molecule has 0 radical (unpaired) electrons. The largest absolute Gasteiger partial charge is 0.534 e. The van der Waals surface area contributed by atoms with Gasteiger partial charge in [0.05, 0.1) is 12.0 Å². The summed E-state index contributed by atoms with van der Waals surface area (Å²) in [5.41, 5.74) is -5.91. The predicted molar refractivity (Wildman–Crippen MR) is 97.2 cm³/mol. The number of alkyl halides is 3. The molecule has 1 atom stereocenters. The van der Waals surface area contributed by atoms with Gasteiger partial charge in [-0.25, -0.2) is 0 Å². The Labute approximate surface area is 171 Å². The van der Waals surface area contributed by atoms with Gasteiger partial charge in [0, 0.05) is 15.5 Å². The molecule has 1 spiro atoms. The molecule has 0 saturated heterocycles. The summed E-state index contributed by atoms with van der Waals surface area (Å²) in [5.74, 6) is -1.52. The Morgan fingerprint density at radius 2 is 1.90 bits per heavy atom. The lowest BCUT2D eigenvalue weighted by molar-refractivity contribution is -0.136. The number of esters is 1. The van der Waals surface area contributed by atoms with Crippen LogP contribution in [0.3, 0.4) is 0 Å². The molecular formula is C18H12BrF3O6S. The molecule has 1 N–H and O–H groups in total. The number of ether oxygens (including phenoxy) is 1. The van der Waals surface area contributed by atoms with Crippen molar-refractivity contribution in [2.75, 3.05) is 0 Å². The first kappa shape index (κ1) is 20.0. The summed E-state index contributed by atoms with van der Waals surface area (Å²) in [7, 11) is -5.95. The van der Waals surface area contributed by atoms with Gasteiger partial charge >= 0.3 is 21.6 Å². The lowest BCUT2D eigenvalue weighted by Crippen LogP contribution is -2.37. The molecule has 0 fully saturated rings. The normalized spacial score (nSPS) is 20.9. The zero-order valence-electron chi connectivity index (χ0n) is 14.4. The zero-order chi connectivity index (χ0) is 21.2. The first-order valence-electron chi connectivity index (χ1n) is 8.32. The van der Waals surface area contributed by atoms with E-state index in [2.05, 4.69) is 20.1 Å². The van der Waals surface area contributed by atoms with Gasteiger partial charge in [0.1, 0.15) is 11.5 Å². The first-order valence-corrected chi connectivity index (χ1v) is 10.5. The van der Waals surface area contributed by atoms with Crippen LogP contribution in [0.25, 0.3) is 0 Å². The lowest BCUT2D eigenvalue weighted by Gasteiger charge is -2.36. The van der Waals surface area contributed by atoms with Crippen LogP contribution in [0.4, 0.5) is 13.2 Å². The summed E-state index contributed by atoms with van der Waals surface area (Å²) in [6.45, 7) is 0. The molecule has 0 saturated carbocycles. The monoisotopic (exact) mass is 492 g/mol. The van der Waals surface area contributed by atoms with Crippen LogP contribution in [0.5, 0.6) is 17.2 Å². The number of phenols is 1. The van der Waals surface area contributed by atoms with E-state index in [1.54, 1.807) is 6.07 Å². The highest BCUT2D eigenvalue weighted by atomic mass is 79.9. The van der Waals surface area contributed by atoms with E-state index in [1.165, 1.54) is 18.2 Å². The summed E-state index contributed by atoms with van der Waals surface area (Å²) in [6.07, 6.45) is 0.355. The van der Waals surface area contributed by atoms with Crippen molar-refractivity contribution in [3.63, 3.8) is 0 Å². The van der Waals surface area contributed by atoms with Gasteiger partial charge in [0.2, 0.25) is 0 Å². The summed E-state index contributed by atoms with van der Waals surface area (Å²) >= 11 is 3.38. The number of aromatic hydroxyl groups is 1. The summed E-state index contributed by atoms with van der Waals surface area (Å²) in [4.78, 5) is 12.3. The molecule has 1 aliphatic carbocycles. The maximum Gasteiger partial charge on any atom is 0.534 e. The van der Waals surface area contributed by atoms with E-state index in [9.17, 15) is 31.5 Å². The zero-order valence-corrected chi connectivity index (χ0v) is 16.8. The average molecular weight is 493 g/mol. The Kier molecular flexibility index (Phi) is 4.39. The Morgan fingerprint density at radius 3 is 2.59 bits per heavy atom. The van der Waals surface area contributed by atoms with Crippen LogP contribution in [0.1, 0.15) is 29.5 Å². The number of hydrogen-bond acceptors (Lipinski definition) is 6. The lowest BCUT2D eigenvalue weighted by atomic mass is 9.70. The second-order valence-electron chi connectivity index (χ2n) is 6.77. The van der Waals surface area contributed by atoms with Gasteiger partial charge in [0.25, 0.3) is 0 Å². The van der Waals surface area contributed by atoms with E-state index >= 15 is 0 Å². The van der Waals surface area contributed by atoms with Crippen LogP contribution in [0, 0.1) is 0 Å². The van der Waals surface area contributed by atoms with Crippen LogP contribution >= 0.6 is 15.9 Å². The van der Waals surface area contributed by atoms with E-state index < -0.39 is 32.8 Å². The number of fused-ring (bicyclic) bond motifs is 4. The molecule has 4 rings (SSSR count). The molecule has 154 valence electrons. The van der Waals surface area contributed by atoms with Gasteiger partial charge in [-0.15, -0.1) is 0 Å². The van der Waals surface area contributed by atoms with Gasteiger partial charge in [-0.2, -0.15) is 21.6 Å². The fraction of sp³-hybridized carbons (Fsp3) is 0.278. The molecule has 0 bridgehead atoms. The maximum absolute atomic E-state index is 12.9. The van der Waals surface area contributed by atoms with Gasteiger partial charge in [-0.3, -0.25) is 4.79 Å². The SMILES string of the molecule is O=C1CC2(CCc3c(Br)ccc(O)c32)c2c(cccc2OS(=O)(=O)C(F)(F)F)O1. The summed E-state index contributed by atoms with van der Waals surface area (Å²) in [5, 5.41) is 10.5. The van der Waals surface area contributed by atoms with Gasteiger partial charge in [-0.05, 0) is 42.7 Å². The minimum atomic E-state index is -5.95. The molecule has 2 aliphatic rings. The molecule has 1 heterocycles. The van der Waals surface area contributed by atoms with Crippen molar-refractivity contribution in [1.29, 1.82) is 0 Å². The topological polar surface area (TPSA) is 89.9 Å². The Hall–Kier alpha value is -2.27. The fourth-order valence-electron chi connectivity index (χ4n) is 4.07. The molecule has 1 aliphatic heterocycles. The number of phenolic OH excluding ortho intramolecular Hbond substituents is 1. The van der Waals surface area contributed by atoms with Crippen molar-refractivity contribution >= 4 is 32.0 Å². The van der Waals surface area contributed by atoms with Crippen LogP contribution in [0.2, 0.25) is 0 Å². The van der Waals surface area contributed by atoms with Crippen LogP contribution in [0.15, 0.2) is 34.8 Å². The molecule has 11 heteroatoms. The molecule has 2 aromatic carbocycles. The predicted octanol–water partition coefficient (Wildman–Crippen LogP) is 3.92. The van der Waals surface area contributed by atoms with E-state index in [0.717, 1.165) is 6.07 Å². The van der Waals surface area contributed by atoms with Crippen LogP contribution < -0.4 is 8.92 Å². The van der Waals surface area contributed by atoms with E-state index in [0.29, 0.717) is 22.0 Å². The third-order valence-corrected chi connectivity index (χ3v) is 6.84. The van der Waals surface area contributed by atoms with Crippen molar-refractivity contribution in [2.45, 2.75) is 30.2 Å². The standard InChI is InChI=1S/C18H12BrF3O6S/c19-10-4-5-11(23)15-9(10)6-7-17(15)8-14(24)27-12-2-1-3-13(16(12)17)28-29(25,26)18(20,21)22/h1-5,23H,6-8H2. The van der Waals surface area contributed by atoms with Crippen molar-refractivity contribution in [3.8, 4) is 17.2 Å². The molecule has 29 heavy (non-hydrogen) atoms. The highest BCUT2D eigenvalue weighted by molar-refractivity contribution is 9.10. The van der Waals surface area contributed by atoms with E-state index in [-0.39, 0.29) is 29.9 Å². The fourth-order valence-corrected chi connectivity index (χ4v) is 5.07. The quantitative estimate of drug-likeness (QED) is 0.295. The molecule has 2 aromatic rings. The minimum absolute atomic E-state index is 0.0143. The molecular weight excluding hydrogens is 481 g/mol. The molecule has 1 unspecified atom stereocenters. The van der Waals surface area contributed by atoms with Crippen molar-refractivity contribution in [2.24, 2.45) is 0 Å². The van der Waals surface area contributed by atoms with Crippen molar-refractivity contribution in [3.05, 3.63) is 51.5 Å². The van der Waals surface area contributed by atoms with E-state index in [4.69, 9.17) is 4.74 Å². The maximum atomic E-state index is 12.9. The minimum Gasteiger partial charge on any atom is -0.508 e.